The Balaban J connectivity index is 2.06. The van der Waals surface area contributed by atoms with E-state index in [0.717, 1.165) is 4.88 Å². The second-order valence-corrected chi connectivity index (χ2v) is 7.56. The lowest BCUT2D eigenvalue weighted by Crippen LogP contribution is -2.48. The molecule has 1 aliphatic heterocycles. The van der Waals surface area contributed by atoms with Gasteiger partial charge < -0.3 is 25.5 Å². The molecule has 1 aromatic rings. The van der Waals surface area contributed by atoms with E-state index >= 15 is 0 Å². The first-order chi connectivity index (χ1) is 12.4. The average Bonchev–Trinajstić information content (AvgIpc) is 3.22. The van der Waals surface area contributed by atoms with Crippen molar-refractivity contribution in [1.82, 2.24) is 15.5 Å². The highest BCUT2D eigenvalue weighted by Crippen LogP contribution is 2.26. The van der Waals surface area contributed by atoms with E-state index in [1.807, 2.05) is 13.2 Å². The highest BCUT2D eigenvalue weighted by atomic mass is 32.2. The maximum atomic E-state index is 12.8. The van der Waals surface area contributed by atoms with Crippen molar-refractivity contribution in [3.8, 4) is 0 Å². The van der Waals surface area contributed by atoms with Gasteiger partial charge in [0.25, 0.3) is 0 Å². The Morgan fingerprint density at radius 3 is 2.88 bits per heavy atom. The zero-order valence-corrected chi connectivity index (χ0v) is 16.7. The molecule has 0 saturated carbocycles. The zero-order valence-electron chi connectivity index (χ0n) is 15.1. The van der Waals surface area contributed by atoms with Gasteiger partial charge in [-0.3, -0.25) is 15.0 Å². The van der Waals surface area contributed by atoms with Crippen LogP contribution in [-0.2, 0) is 13.8 Å². The highest BCUT2D eigenvalue weighted by molar-refractivity contribution is 7.93. The van der Waals surface area contributed by atoms with Gasteiger partial charge in [0.15, 0.2) is 0 Å². The van der Waals surface area contributed by atoms with E-state index in [1.165, 1.54) is 23.4 Å². The van der Waals surface area contributed by atoms with E-state index in [4.69, 9.17) is 15.3 Å². The highest BCUT2D eigenvalue weighted by Gasteiger charge is 2.40. The van der Waals surface area contributed by atoms with Gasteiger partial charge in [0.1, 0.15) is 11.9 Å². The van der Waals surface area contributed by atoms with Crippen molar-refractivity contribution in [1.29, 1.82) is 5.41 Å². The molecule has 1 saturated heterocycles. The van der Waals surface area contributed by atoms with Crippen LogP contribution in [0.25, 0.3) is 0 Å². The Hall–Kier alpha value is -1.62. The number of nitrogens with one attached hydrogen (secondary N) is 3. The lowest BCUT2D eigenvalue weighted by molar-refractivity contribution is -0.138. The molecule has 2 heterocycles. The fraction of sp³-hybridized carbons (Fsp3) is 0.562. The molecule has 2 rings (SSSR count). The molecule has 0 bridgehead atoms. The molecule has 144 valence electrons. The van der Waals surface area contributed by atoms with E-state index in [-0.39, 0.29) is 36.3 Å². The smallest absolute Gasteiger partial charge is 0.243 e. The maximum Gasteiger partial charge on any atom is 0.243 e. The number of carbonyl (C=O) groups is 2. The summed E-state index contributed by atoms with van der Waals surface area (Å²) in [7, 11) is 1.70. The van der Waals surface area contributed by atoms with Gasteiger partial charge in [0, 0.05) is 35.0 Å². The van der Waals surface area contributed by atoms with Crippen molar-refractivity contribution in [3.05, 3.63) is 21.9 Å². The van der Waals surface area contributed by atoms with Crippen LogP contribution in [0.5, 0.6) is 0 Å². The molecule has 10 heteroatoms. The summed E-state index contributed by atoms with van der Waals surface area (Å²) in [6.45, 7) is 2.46. The van der Waals surface area contributed by atoms with Crippen molar-refractivity contribution in [2.75, 3.05) is 26.4 Å². The van der Waals surface area contributed by atoms with Crippen molar-refractivity contribution in [2.45, 2.75) is 31.5 Å². The molecule has 0 spiro atoms. The summed E-state index contributed by atoms with van der Waals surface area (Å²) >= 11 is 2.68. The van der Waals surface area contributed by atoms with E-state index in [1.54, 1.807) is 23.4 Å². The van der Waals surface area contributed by atoms with Crippen molar-refractivity contribution in [2.24, 2.45) is 5.73 Å². The summed E-state index contributed by atoms with van der Waals surface area (Å²) < 4.78 is 5.55. The topological polar surface area (TPSA) is 121 Å². The quantitative estimate of drug-likeness (QED) is 0.290. The first-order valence-electron chi connectivity index (χ1n) is 8.24. The minimum Gasteiger partial charge on any atom is -0.384 e. The molecular weight excluding hydrogens is 374 g/mol. The van der Waals surface area contributed by atoms with Crippen molar-refractivity contribution < 1.29 is 13.8 Å². The van der Waals surface area contributed by atoms with Crippen LogP contribution in [-0.4, -0.2) is 61.1 Å². The summed E-state index contributed by atoms with van der Waals surface area (Å²) in [5.74, 6) is -0.322. The third-order valence-electron chi connectivity index (χ3n) is 4.16. The predicted octanol–water partition coefficient (Wildman–Crippen LogP) is 0.693. The molecule has 2 amide bonds. The molecule has 0 aliphatic carbocycles. The number of hydrogen-bond donors (Lipinski definition) is 4. The fourth-order valence-corrected chi connectivity index (χ4v) is 4.21. The van der Waals surface area contributed by atoms with Crippen LogP contribution in [0.1, 0.15) is 29.8 Å². The number of hydrogen-bond acceptors (Lipinski definition) is 7. The van der Waals surface area contributed by atoms with Crippen LogP contribution >= 0.6 is 23.4 Å². The third-order valence-corrected chi connectivity index (χ3v) is 5.74. The molecule has 1 unspecified atom stereocenters. The minimum absolute atomic E-state index is 0.00251. The lowest BCUT2D eigenvalue weighted by atomic mass is 10.1. The van der Waals surface area contributed by atoms with Crippen LogP contribution in [0.15, 0.2) is 11.4 Å². The Kier molecular flexibility index (Phi) is 7.44. The second kappa shape index (κ2) is 9.36. The first kappa shape index (κ1) is 20.7. The van der Waals surface area contributed by atoms with Crippen LogP contribution in [0, 0.1) is 5.41 Å². The predicted molar refractivity (Wildman–Crippen MR) is 104 cm³/mol. The van der Waals surface area contributed by atoms with E-state index < -0.39 is 6.04 Å². The molecule has 0 radical (unpaired) electrons. The molecule has 1 fully saturated rings. The Morgan fingerprint density at radius 2 is 2.31 bits per heavy atom. The molecule has 0 aromatic carbocycles. The molecule has 8 nitrogen and oxygen atoms in total. The second-order valence-electron chi connectivity index (χ2n) is 6.09. The van der Waals surface area contributed by atoms with Gasteiger partial charge in [-0.25, -0.2) is 0 Å². The summed E-state index contributed by atoms with van der Waals surface area (Å²) in [4.78, 5) is 27.6. The Morgan fingerprint density at radius 1 is 1.58 bits per heavy atom. The Bertz CT molecular complexity index is 666. The van der Waals surface area contributed by atoms with Crippen molar-refractivity contribution in [3.63, 3.8) is 0 Å². The van der Waals surface area contributed by atoms with Crippen LogP contribution < -0.4 is 16.4 Å². The monoisotopic (exact) mass is 399 g/mol. The van der Waals surface area contributed by atoms with Gasteiger partial charge in [-0.15, -0.1) is 11.3 Å². The van der Waals surface area contributed by atoms with Crippen LogP contribution in [0.4, 0.5) is 0 Å². The number of nitrogens with two attached hydrogens (primary N) is 1. The number of rotatable bonds is 8. The van der Waals surface area contributed by atoms with Gasteiger partial charge in [0.2, 0.25) is 11.8 Å². The maximum absolute atomic E-state index is 12.8. The summed E-state index contributed by atoms with van der Waals surface area (Å²) in [6.07, 6.45) is 2.12. The van der Waals surface area contributed by atoms with E-state index in [2.05, 4.69) is 10.6 Å². The number of carbonyl (C=O) groups excluding carboxylic acids is 2. The first-order valence-corrected chi connectivity index (χ1v) is 10.3. The zero-order chi connectivity index (χ0) is 19.3. The molecule has 5 N–H and O–H groups in total. The van der Waals surface area contributed by atoms with Gasteiger partial charge in [-0.2, -0.15) is 0 Å². The number of amidine groups is 1. The molecule has 3 atom stereocenters. The van der Waals surface area contributed by atoms with Crippen LogP contribution in [0.2, 0.25) is 0 Å². The number of amides is 2. The lowest BCUT2D eigenvalue weighted by Gasteiger charge is -2.25. The average molecular weight is 400 g/mol. The summed E-state index contributed by atoms with van der Waals surface area (Å²) in [6, 6.07) is 1.01. The van der Waals surface area contributed by atoms with E-state index in [9.17, 15) is 9.59 Å². The summed E-state index contributed by atoms with van der Waals surface area (Å²) in [5.41, 5.74) is 6.13. The normalized spacial score (nSPS) is 20.8. The van der Waals surface area contributed by atoms with Gasteiger partial charge in [0.05, 0.1) is 18.7 Å². The number of likely N-dealkylation sites (N-methyl/N-ethyl adjacent to an activating group) is 1. The molecular formula is C16H25N5O3S2. The standard InChI is InChI=1S/C16H25N5O3S2/c1-9(13-4-10(8-26-13)15(17)18)20-16(23)12-5-11(24-25-3)7-21(12)14(22)6-19-2/h4,8-9,11-12,19H,5-7H2,1-3H3,(H3,17,18)(H,20,23)/t9-,11-,12?/m1/s1. The third kappa shape index (κ3) is 4.97. The number of likely N-dealkylation sites (tertiary alicyclic amines) is 1. The van der Waals surface area contributed by atoms with Gasteiger partial charge >= 0.3 is 0 Å². The van der Waals surface area contributed by atoms with Gasteiger partial charge in [-0.1, -0.05) is 0 Å². The molecule has 1 aliphatic rings. The Labute approximate surface area is 161 Å². The number of nitrogen functional groups attached to an aromatic ring is 1. The van der Waals surface area contributed by atoms with E-state index in [0.29, 0.717) is 18.5 Å². The van der Waals surface area contributed by atoms with Crippen LogP contribution in [0.3, 0.4) is 0 Å². The van der Waals surface area contributed by atoms with Gasteiger partial charge in [-0.05, 0) is 32.1 Å². The van der Waals surface area contributed by atoms with Crippen molar-refractivity contribution >= 4 is 41.0 Å². The number of nitrogens with zero attached hydrogens (tertiary/aromatic N) is 1. The largest absolute Gasteiger partial charge is 0.384 e. The SMILES string of the molecule is CNCC(=O)N1C[C@H](OSC)CC1C(=O)N[C@H](C)c1cc(C(=N)N)cs1. The minimum atomic E-state index is -0.553. The fourth-order valence-electron chi connectivity index (χ4n) is 2.88. The summed E-state index contributed by atoms with van der Waals surface area (Å²) in [5, 5.41) is 15.1. The number of thiophene rings is 1. The molecule has 26 heavy (non-hydrogen) atoms. The molecule has 1 aromatic heterocycles.